The van der Waals surface area contributed by atoms with Crippen LogP contribution in [0.4, 0.5) is 0 Å². The maximum atomic E-state index is 4.71. The molecule has 6 aromatic rings. The van der Waals surface area contributed by atoms with Crippen molar-refractivity contribution in [1.82, 2.24) is 9.97 Å². The van der Waals surface area contributed by atoms with E-state index in [4.69, 9.17) is 4.98 Å². The van der Waals surface area contributed by atoms with Crippen molar-refractivity contribution in [2.75, 3.05) is 0 Å². The SMILES string of the molecule is Cc1cc2c3cccnc3c3[c-]ccc4c3c2c(c1C)[Si]4(C)C.[Ir].[c-]1ccccc1-c1ccccn1. The largest absolute Gasteiger partial charge is 0.305 e. The summed E-state index contributed by atoms with van der Waals surface area (Å²) in [6, 6.07) is 31.3. The summed E-state index contributed by atoms with van der Waals surface area (Å²) in [6.45, 7) is 9.52. The van der Waals surface area contributed by atoms with Crippen molar-refractivity contribution in [2.45, 2.75) is 26.9 Å². The van der Waals surface area contributed by atoms with Gasteiger partial charge in [0.1, 0.15) is 0 Å². The Bertz CT molecular complexity index is 1690. The van der Waals surface area contributed by atoms with Gasteiger partial charge in [0.2, 0.25) is 0 Å². The van der Waals surface area contributed by atoms with E-state index < -0.39 is 8.07 Å². The standard InChI is InChI=1S/C21H18NSi.C11H8N.Ir/c1-12-11-16-14-8-6-10-22-20(14)15-7-5-9-17-18(15)19(16)21(13(12)2)23(17,3)4;1-2-6-10(7-3-1)11-8-4-5-9-12-11;/h5-6,8-11H,1-4H3;1-6,8-9H;/q2*-1;. The first-order valence-corrected chi connectivity index (χ1v) is 15.0. The Morgan fingerprint density at radius 1 is 0.750 bits per heavy atom. The molecule has 0 bridgehead atoms. The zero-order valence-electron chi connectivity index (χ0n) is 20.8. The third-order valence-electron chi connectivity index (χ3n) is 7.38. The van der Waals surface area contributed by atoms with Crippen LogP contribution in [0.2, 0.25) is 13.1 Å². The van der Waals surface area contributed by atoms with Gasteiger partial charge in [-0.2, -0.15) is 0 Å². The molecule has 2 nitrogen and oxygen atoms in total. The first-order valence-electron chi connectivity index (χ1n) is 12.0. The van der Waals surface area contributed by atoms with Gasteiger partial charge in [-0.3, -0.25) is 0 Å². The second-order valence-corrected chi connectivity index (χ2v) is 14.1. The molecule has 1 aliphatic heterocycles. The fourth-order valence-electron chi connectivity index (χ4n) is 5.67. The number of nitrogens with zero attached hydrogens (tertiary/aromatic N) is 2. The van der Waals surface area contributed by atoms with Crippen molar-refractivity contribution in [3.8, 4) is 11.3 Å². The monoisotopic (exact) mass is 659 g/mol. The third kappa shape index (κ3) is 3.72. The zero-order valence-corrected chi connectivity index (χ0v) is 24.2. The van der Waals surface area contributed by atoms with Crippen molar-refractivity contribution in [3.05, 3.63) is 108 Å². The Labute approximate surface area is 226 Å². The predicted octanol–water partition coefficient (Wildman–Crippen LogP) is 6.64. The van der Waals surface area contributed by atoms with Crippen LogP contribution in [0, 0.1) is 26.0 Å². The number of aromatic nitrogens is 2. The quantitative estimate of drug-likeness (QED) is 0.113. The summed E-state index contributed by atoms with van der Waals surface area (Å²) in [6.07, 6.45) is 3.69. The van der Waals surface area contributed by atoms with Gasteiger partial charge in [0.25, 0.3) is 0 Å². The summed E-state index contributed by atoms with van der Waals surface area (Å²) in [4.78, 5) is 8.93. The van der Waals surface area contributed by atoms with E-state index in [0.717, 1.165) is 16.8 Å². The number of pyridine rings is 2. The van der Waals surface area contributed by atoms with Crippen LogP contribution in [0.3, 0.4) is 0 Å². The van der Waals surface area contributed by atoms with Crippen LogP contribution in [-0.2, 0) is 20.1 Å². The number of fused-ring (bicyclic) bond motifs is 3. The van der Waals surface area contributed by atoms with Crippen LogP contribution >= 0.6 is 0 Å². The number of rotatable bonds is 1. The number of hydrogen-bond acceptors (Lipinski definition) is 2. The summed E-state index contributed by atoms with van der Waals surface area (Å²) in [5.41, 5.74) is 5.98. The minimum absolute atomic E-state index is 0. The second-order valence-electron chi connectivity index (χ2n) is 9.77. The molecule has 179 valence electrons. The molecule has 2 aromatic heterocycles. The molecule has 0 saturated carbocycles. The number of aryl methyl sites for hydroxylation is 1. The Kier molecular flexibility index (Phi) is 6.38. The van der Waals surface area contributed by atoms with Crippen molar-refractivity contribution < 1.29 is 20.1 Å². The van der Waals surface area contributed by atoms with Gasteiger partial charge in [-0.1, -0.05) is 53.3 Å². The molecule has 0 fully saturated rings. The van der Waals surface area contributed by atoms with Gasteiger partial charge in [-0.05, 0) is 59.1 Å². The van der Waals surface area contributed by atoms with Crippen LogP contribution in [0.15, 0.2) is 85.2 Å². The predicted molar refractivity (Wildman–Crippen MR) is 150 cm³/mol. The molecule has 0 aliphatic carbocycles. The van der Waals surface area contributed by atoms with Gasteiger partial charge in [-0.15, -0.1) is 64.7 Å². The van der Waals surface area contributed by atoms with Crippen molar-refractivity contribution in [2.24, 2.45) is 0 Å². The molecule has 1 radical (unpaired) electrons. The Balaban J connectivity index is 0.000000175. The van der Waals surface area contributed by atoms with E-state index in [0.29, 0.717) is 0 Å². The summed E-state index contributed by atoms with van der Waals surface area (Å²) >= 11 is 0. The van der Waals surface area contributed by atoms with Crippen molar-refractivity contribution in [1.29, 1.82) is 0 Å². The van der Waals surface area contributed by atoms with Crippen LogP contribution < -0.4 is 10.4 Å². The molecule has 0 amide bonds. The topological polar surface area (TPSA) is 25.8 Å². The fraction of sp³-hybridized carbons (Fsp3) is 0.125. The van der Waals surface area contributed by atoms with E-state index in [9.17, 15) is 0 Å². The molecule has 36 heavy (non-hydrogen) atoms. The number of benzene rings is 4. The Hall–Kier alpha value is -3.17. The van der Waals surface area contributed by atoms with Gasteiger partial charge in [0, 0.05) is 32.5 Å². The molecular weight excluding hydrogens is 633 g/mol. The first kappa shape index (κ1) is 24.5. The first-order chi connectivity index (χ1) is 17.0. The van der Waals surface area contributed by atoms with Crippen molar-refractivity contribution in [3.63, 3.8) is 0 Å². The van der Waals surface area contributed by atoms with Crippen LogP contribution in [0.5, 0.6) is 0 Å². The van der Waals surface area contributed by atoms with Crippen molar-refractivity contribution >= 4 is 50.9 Å². The average molecular weight is 659 g/mol. The summed E-state index contributed by atoms with van der Waals surface area (Å²) in [5.74, 6) is 0. The molecule has 0 unspecified atom stereocenters. The molecule has 1 aliphatic rings. The maximum Gasteiger partial charge on any atom is 0.0936 e. The van der Waals surface area contributed by atoms with Gasteiger partial charge >= 0.3 is 0 Å². The van der Waals surface area contributed by atoms with Crippen LogP contribution in [0.25, 0.3) is 43.7 Å². The van der Waals surface area contributed by atoms with Crippen LogP contribution in [0.1, 0.15) is 11.1 Å². The van der Waals surface area contributed by atoms with Gasteiger partial charge in [0.05, 0.1) is 8.07 Å². The van der Waals surface area contributed by atoms with E-state index in [2.05, 4.69) is 68.3 Å². The van der Waals surface area contributed by atoms with E-state index in [1.165, 1.54) is 38.1 Å². The maximum absolute atomic E-state index is 4.71. The molecule has 3 heterocycles. The minimum atomic E-state index is -1.67. The molecule has 4 aromatic carbocycles. The van der Waals surface area contributed by atoms with Crippen LogP contribution in [-0.4, -0.2) is 18.0 Å². The van der Waals surface area contributed by atoms with E-state index >= 15 is 0 Å². The molecule has 7 rings (SSSR count). The second kappa shape index (κ2) is 9.37. The zero-order chi connectivity index (χ0) is 24.2. The van der Waals surface area contributed by atoms with E-state index in [1.54, 1.807) is 16.6 Å². The Morgan fingerprint density at radius 2 is 1.56 bits per heavy atom. The minimum Gasteiger partial charge on any atom is -0.305 e. The molecular formula is C32H26IrN2Si-2. The molecule has 4 heteroatoms. The normalized spacial score (nSPS) is 13.0. The molecule has 0 N–H and O–H groups in total. The average Bonchev–Trinajstić information content (AvgIpc) is 3.15. The summed E-state index contributed by atoms with van der Waals surface area (Å²) in [5, 5.41) is 9.91. The van der Waals surface area contributed by atoms with E-state index in [-0.39, 0.29) is 20.1 Å². The van der Waals surface area contributed by atoms with Gasteiger partial charge in [-0.25, -0.2) is 0 Å². The summed E-state index contributed by atoms with van der Waals surface area (Å²) < 4.78 is 0. The molecule has 0 spiro atoms. The summed E-state index contributed by atoms with van der Waals surface area (Å²) in [7, 11) is -1.67. The van der Waals surface area contributed by atoms with E-state index in [1.807, 2.05) is 54.7 Å². The molecule has 0 atom stereocenters. The number of hydrogen-bond donors (Lipinski definition) is 0. The van der Waals surface area contributed by atoms with Gasteiger partial charge in [0.15, 0.2) is 0 Å². The molecule has 0 saturated heterocycles. The van der Waals surface area contributed by atoms with Gasteiger partial charge < -0.3 is 9.97 Å². The Morgan fingerprint density at radius 3 is 2.31 bits per heavy atom. The fourth-order valence-corrected chi connectivity index (χ4v) is 9.33. The smallest absolute Gasteiger partial charge is 0.0936 e. The third-order valence-corrected chi connectivity index (χ3v) is 11.0.